The predicted octanol–water partition coefficient (Wildman–Crippen LogP) is 3.15. The molecule has 0 unspecified atom stereocenters. The lowest BCUT2D eigenvalue weighted by Gasteiger charge is -2.39. The summed E-state index contributed by atoms with van der Waals surface area (Å²) in [5, 5.41) is 8.07. The topological polar surface area (TPSA) is 90.1 Å². The molecule has 0 bridgehead atoms. The zero-order valence-electron chi connectivity index (χ0n) is 17.0. The summed E-state index contributed by atoms with van der Waals surface area (Å²) in [6, 6.07) is 9.84. The fraction of sp³-hybridized carbons (Fsp3) is 0.409. The number of anilines is 1. The third-order valence-electron chi connectivity index (χ3n) is 6.38. The molecule has 3 aromatic rings. The van der Waals surface area contributed by atoms with Gasteiger partial charge in [-0.25, -0.2) is 4.98 Å². The van der Waals surface area contributed by atoms with E-state index in [1.54, 1.807) is 18.4 Å². The number of carbonyl (C=O) groups excluding carboxylic acids is 2. The smallest absolute Gasteiger partial charge is 0.270 e. The van der Waals surface area contributed by atoms with Crippen molar-refractivity contribution in [1.29, 1.82) is 0 Å². The van der Waals surface area contributed by atoms with E-state index in [2.05, 4.69) is 15.6 Å². The maximum Gasteiger partial charge on any atom is 0.270 e. The maximum absolute atomic E-state index is 13.0. The number of benzene rings is 1. The number of nitrogens with zero attached hydrogens (tertiary/aromatic N) is 2. The Morgan fingerprint density at radius 2 is 2.13 bits per heavy atom. The van der Waals surface area contributed by atoms with Gasteiger partial charge in [-0.1, -0.05) is 36.0 Å². The van der Waals surface area contributed by atoms with E-state index in [4.69, 9.17) is 4.98 Å². The second-order valence-electron chi connectivity index (χ2n) is 8.20. The van der Waals surface area contributed by atoms with Crippen LogP contribution in [0.5, 0.6) is 0 Å². The van der Waals surface area contributed by atoms with E-state index in [1.807, 2.05) is 35.2 Å². The van der Waals surface area contributed by atoms with Crippen LogP contribution >= 0.6 is 11.3 Å². The molecule has 1 aliphatic carbocycles. The van der Waals surface area contributed by atoms with Crippen LogP contribution in [0.4, 0.5) is 5.13 Å². The monoisotopic (exact) mass is 423 g/mol. The zero-order valence-corrected chi connectivity index (χ0v) is 17.8. The summed E-state index contributed by atoms with van der Waals surface area (Å²) in [7, 11) is 1.70. The van der Waals surface area contributed by atoms with Gasteiger partial charge in [-0.15, -0.1) is 0 Å². The highest BCUT2D eigenvalue weighted by atomic mass is 32.1. The average molecular weight is 424 g/mol. The second-order valence-corrected chi connectivity index (χ2v) is 9.29. The molecule has 5 rings (SSSR count). The second kappa shape index (κ2) is 7.43. The van der Waals surface area contributed by atoms with Crippen molar-refractivity contribution in [3.8, 4) is 0 Å². The summed E-state index contributed by atoms with van der Waals surface area (Å²) >= 11 is 1.59. The Balaban J connectivity index is 1.27. The number of amides is 2. The van der Waals surface area contributed by atoms with Gasteiger partial charge in [0.05, 0.1) is 17.7 Å². The minimum absolute atomic E-state index is 0.0211. The summed E-state index contributed by atoms with van der Waals surface area (Å²) in [5.74, 6) is 0.130. The molecule has 0 spiro atoms. The van der Waals surface area contributed by atoms with Crippen molar-refractivity contribution < 1.29 is 9.59 Å². The fourth-order valence-electron chi connectivity index (χ4n) is 4.40. The highest BCUT2D eigenvalue weighted by Gasteiger charge is 2.43. The van der Waals surface area contributed by atoms with Crippen molar-refractivity contribution in [2.75, 3.05) is 25.5 Å². The highest BCUT2D eigenvalue weighted by molar-refractivity contribution is 7.15. The summed E-state index contributed by atoms with van der Waals surface area (Å²) in [5.41, 5.74) is 2.35. The minimum atomic E-state index is -0.307. The Morgan fingerprint density at radius 3 is 2.87 bits per heavy atom. The van der Waals surface area contributed by atoms with Crippen LogP contribution in [0.15, 0.2) is 30.3 Å². The molecule has 3 heterocycles. The minimum Gasteiger partial charge on any atom is -0.360 e. The molecule has 3 N–H and O–H groups in total. The van der Waals surface area contributed by atoms with Gasteiger partial charge in [-0.3, -0.25) is 9.59 Å². The predicted molar refractivity (Wildman–Crippen MR) is 118 cm³/mol. The van der Waals surface area contributed by atoms with Crippen molar-refractivity contribution in [3.05, 3.63) is 46.6 Å². The first kappa shape index (κ1) is 19.1. The SMILES string of the molecule is CNC(=O)C1(CNc2nc3c(s2)CN(C(=O)c2cc4ccccc4[nH]2)CC3)CCC1. The average Bonchev–Trinajstić information content (AvgIpc) is 3.35. The van der Waals surface area contributed by atoms with E-state index >= 15 is 0 Å². The number of rotatable bonds is 5. The number of nitrogens with one attached hydrogen (secondary N) is 3. The summed E-state index contributed by atoms with van der Waals surface area (Å²) in [4.78, 5) is 36.2. The number of hydrogen-bond acceptors (Lipinski definition) is 5. The third kappa shape index (κ3) is 3.25. The molecule has 30 heavy (non-hydrogen) atoms. The molecular formula is C22H25N5O2S. The normalized spacial score (nSPS) is 17.3. The summed E-state index contributed by atoms with van der Waals surface area (Å²) < 4.78 is 0. The van der Waals surface area contributed by atoms with E-state index in [0.717, 1.165) is 52.3 Å². The van der Waals surface area contributed by atoms with Gasteiger partial charge in [0.1, 0.15) is 5.69 Å². The van der Waals surface area contributed by atoms with Gasteiger partial charge in [0.15, 0.2) is 5.13 Å². The van der Waals surface area contributed by atoms with Crippen molar-refractivity contribution in [2.45, 2.75) is 32.2 Å². The zero-order chi connectivity index (χ0) is 20.7. The molecule has 1 saturated carbocycles. The lowest BCUT2D eigenvalue weighted by Crippen LogP contribution is -2.48. The molecule has 2 amide bonds. The molecule has 7 nitrogen and oxygen atoms in total. The molecule has 2 aliphatic rings. The first-order valence-electron chi connectivity index (χ1n) is 10.4. The first-order chi connectivity index (χ1) is 14.6. The van der Waals surface area contributed by atoms with E-state index < -0.39 is 0 Å². The van der Waals surface area contributed by atoms with Crippen molar-refractivity contribution in [2.24, 2.45) is 5.41 Å². The Morgan fingerprint density at radius 1 is 1.30 bits per heavy atom. The van der Waals surface area contributed by atoms with Crippen LogP contribution < -0.4 is 10.6 Å². The van der Waals surface area contributed by atoms with Crippen molar-refractivity contribution >= 4 is 39.2 Å². The molecule has 0 radical (unpaired) electrons. The van der Waals surface area contributed by atoms with Gasteiger partial charge in [0.2, 0.25) is 5.91 Å². The fourth-order valence-corrected chi connectivity index (χ4v) is 5.42. The number of carbonyl (C=O) groups is 2. The van der Waals surface area contributed by atoms with Gasteiger partial charge in [0, 0.05) is 42.3 Å². The van der Waals surface area contributed by atoms with Gasteiger partial charge < -0.3 is 20.5 Å². The largest absolute Gasteiger partial charge is 0.360 e. The molecule has 1 aromatic carbocycles. The van der Waals surface area contributed by atoms with Crippen LogP contribution in [0.3, 0.4) is 0 Å². The first-order valence-corrected chi connectivity index (χ1v) is 11.2. The number of H-pyrrole nitrogens is 1. The summed E-state index contributed by atoms with van der Waals surface area (Å²) in [6.07, 6.45) is 3.67. The molecule has 2 aromatic heterocycles. The van der Waals surface area contributed by atoms with Crippen LogP contribution in [-0.2, 0) is 17.8 Å². The Bertz CT molecular complexity index is 1080. The van der Waals surface area contributed by atoms with Crippen LogP contribution in [0.1, 0.15) is 40.3 Å². The molecule has 8 heteroatoms. The third-order valence-corrected chi connectivity index (χ3v) is 7.42. The molecule has 156 valence electrons. The number of fused-ring (bicyclic) bond motifs is 2. The van der Waals surface area contributed by atoms with E-state index in [-0.39, 0.29) is 17.2 Å². The van der Waals surface area contributed by atoms with Gasteiger partial charge in [-0.05, 0) is 25.0 Å². The van der Waals surface area contributed by atoms with Crippen LogP contribution in [0.2, 0.25) is 0 Å². The van der Waals surface area contributed by atoms with Crippen molar-refractivity contribution in [3.63, 3.8) is 0 Å². The molecule has 1 fully saturated rings. The Hall–Kier alpha value is -2.87. The van der Waals surface area contributed by atoms with E-state index in [9.17, 15) is 9.59 Å². The van der Waals surface area contributed by atoms with Crippen LogP contribution in [0.25, 0.3) is 10.9 Å². The molecule has 1 aliphatic heterocycles. The summed E-state index contributed by atoms with van der Waals surface area (Å²) in [6.45, 7) is 1.84. The van der Waals surface area contributed by atoms with Gasteiger partial charge in [-0.2, -0.15) is 0 Å². The lowest BCUT2D eigenvalue weighted by molar-refractivity contribution is -0.134. The Kier molecular flexibility index (Phi) is 4.73. The Labute approximate surface area is 178 Å². The van der Waals surface area contributed by atoms with Gasteiger partial charge >= 0.3 is 0 Å². The number of thiazole rings is 1. The van der Waals surface area contributed by atoms with Crippen LogP contribution in [-0.4, -0.2) is 46.8 Å². The van der Waals surface area contributed by atoms with E-state index in [1.165, 1.54) is 0 Å². The highest BCUT2D eigenvalue weighted by Crippen LogP contribution is 2.41. The van der Waals surface area contributed by atoms with Gasteiger partial charge in [0.25, 0.3) is 5.91 Å². The molecular weight excluding hydrogens is 398 g/mol. The number of aromatic nitrogens is 2. The van der Waals surface area contributed by atoms with Crippen LogP contribution in [0, 0.1) is 5.41 Å². The number of aromatic amines is 1. The van der Waals surface area contributed by atoms with Crippen molar-refractivity contribution in [1.82, 2.24) is 20.2 Å². The lowest BCUT2D eigenvalue weighted by atomic mass is 9.68. The molecule has 0 saturated heterocycles. The standard InChI is InChI=1S/C22H25N5O2S/c1-23-20(29)22(8-4-9-22)13-24-21-26-16-7-10-27(12-18(16)30-21)19(28)17-11-14-5-2-3-6-15(14)25-17/h2-3,5-6,11,25H,4,7-10,12-13H2,1H3,(H,23,29)(H,24,26). The maximum atomic E-state index is 13.0. The molecule has 0 atom stereocenters. The van der Waals surface area contributed by atoms with E-state index in [0.29, 0.717) is 25.3 Å². The quantitative estimate of drug-likeness (QED) is 0.588. The number of hydrogen-bond donors (Lipinski definition) is 3. The number of para-hydroxylation sites is 1.